The highest BCUT2D eigenvalue weighted by Gasteiger charge is 2.53. The minimum atomic E-state index is -2.77. The van der Waals surface area contributed by atoms with E-state index in [0.717, 1.165) is 22.6 Å². The van der Waals surface area contributed by atoms with Crippen LogP contribution in [0.2, 0.25) is 5.04 Å². The van der Waals surface area contributed by atoms with Crippen molar-refractivity contribution < 1.29 is 23.4 Å². The monoisotopic (exact) mass is 642 g/mol. The zero-order chi connectivity index (χ0) is 31.7. The highest BCUT2D eigenvalue weighted by Crippen LogP contribution is 2.39. The number of rotatable bonds is 14. The van der Waals surface area contributed by atoms with Crippen LogP contribution in [0, 0.1) is 0 Å². The fraction of sp³-hybridized carbons (Fsp3) is 0.368. The lowest BCUT2D eigenvalue weighted by Crippen LogP contribution is -2.67. The Morgan fingerprint density at radius 2 is 1.20 bits per heavy atom. The van der Waals surface area contributed by atoms with Crippen LogP contribution in [-0.2, 0) is 31.9 Å². The normalized spacial score (nSPS) is 20.3. The van der Waals surface area contributed by atoms with Crippen molar-refractivity contribution in [1.82, 2.24) is 0 Å². The van der Waals surface area contributed by atoms with Crippen LogP contribution in [0.3, 0.4) is 0 Å². The van der Waals surface area contributed by atoms with E-state index < -0.39 is 8.32 Å². The molecule has 4 aromatic carbocycles. The molecule has 45 heavy (non-hydrogen) atoms. The van der Waals surface area contributed by atoms with Crippen molar-refractivity contribution in [3.05, 3.63) is 126 Å². The maximum absolute atomic E-state index is 7.35. The van der Waals surface area contributed by atoms with Crippen molar-refractivity contribution in [2.75, 3.05) is 19.5 Å². The molecule has 0 bridgehead atoms. The third-order valence-electron chi connectivity index (χ3n) is 8.37. The van der Waals surface area contributed by atoms with Gasteiger partial charge in [-0.05, 0) is 44.4 Å². The molecule has 5 rings (SSSR count). The third kappa shape index (κ3) is 7.91. The lowest BCUT2D eigenvalue weighted by Gasteiger charge is -2.43. The van der Waals surface area contributed by atoms with Gasteiger partial charge in [-0.15, -0.1) is 11.8 Å². The highest BCUT2D eigenvalue weighted by molar-refractivity contribution is 7.99. The summed E-state index contributed by atoms with van der Waals surface area (Å²) >= 11 is 1.76. The number of methoxy groups -OCH3 is 1. The van der Waals surface area contributed by atoms with Crippen LogP contribution in [-0.4, -0.2) is 51.5 Å². The van der Waals surface area contributed by atoms with Crippen LogP contribution >= 0.6 is 11.8 Å². The first-order valence-corrected chi connectivity index (χ1v) is 18.7. The SMILES string of the molecule is CCS[C@H]1O[C@H](CO[Si](c2ccccc2)(c2ccccc2)C(C)(C)C)[C@@H](OCc2ccccc2)[C@@H]1OCc1ccc(OC)cc1. The first-order valence-electron chi connectivity index (χ1n) is 15.8. The van der Waals surface area contributed by atoms with Gasteiger partial charge in [0.2, 0.25) is 0 Å². The van der Waals surface area contributed by atoms with Crippen molar-refractivity contribution in [1.29, 1.82) is 0 Å². The molecule has 238 valence electrons. The van der Waals surface area contributed by atoms with Gasteiger partial charge in [-0.1, -0.05) is 131 Å². The molecular weight excluding hydrogens is 597 g/mol. The van der Waals surface area contributed by atoms with E-state index in [9.17, 15) is 0 Å². The highest BCUT2D eigenvalue weighted by atomic mass is 32.2. The fourth-order valence-electron chi connectivity index (χ4n) is 6.15. The molecule has 0 spiro atoms. The zero-order valence-electron chi connectivity index (χ0n) is 27.1. The van der Waals surface area contributed by atoms with E-state index in [0.29, 0.717) is 19.8 Å². The van der Waals surface area contributed by atoms with Crippen LogP contribution in [0.4, 0.5) is 0 Å². The lowest BCUT2D eigenvalue weighted by atomic mass is 10.1. The van der Waals surface area contributed by atoms with Gasteiger partial charge in [-0.3, -0.25) is 0 Å². The first kappa shape index (κ1) is 33.5. The Kier molecular flexibility index (Phi) is 11.6. The van der Waals surface area contributed by atoms with E-state index >= 15 is 0 Å². The maximum Gasteiger partial charge on any atom is 0.261 e. The molecule has 1 fully saturated rings. The molecule has 0 amide bonds. The molecule has 1 aliphatic rings. The third-order valence-corrected chi connectivity index (χ3v) is 14.4. The Bertz CT molecular complexity index is 1390. The number of ether oxygens (including phenoxy) is 4. The summed E-state index contributed by atoms with van der Waals surface area (Å²) in [7, 11) is -1.09. The van der Waals surface area contributed by atoms with Gasteiger partial charge < -0.3 is 23.4 Å². The quantitative estimate of drug-likeness (QED) is 0.135. The summed E-state index contributed by atoms with van der Waals surface area (Å²) in [6.45, 7) is 10.4. The average Bonchev–Trinajstić information content (AvgIpc) is 3.39. The second kappa shape index (κ2) is 15.6. The van der Waals surface area contributed by atoms with Crippen molar-refractivity contribution in [3.8, 4) is 5.75 Å². The molecule has 1 saturated heterocycles. The Hall–Kier alpha value is -2.91. The van der Waals surface area contributed by atoms with E-state index in [1.165, 1.54) is 10.4 Å². The zero-order valence-corrected chi connectivity index (χ0v) is 28.9. The minimum absolute atomic E-state index is 0.142. The molecule has 0 N–H and O–H groups in total. The molecule has 0 aromatic heterocycles. The summed E-state index contributed by atoms with van der Waals surface area (Å²) in [6.07, 6.45) is -0.889. The molecule has 0 unspecified atom stereocenters. The standard InChI is InChI=1S/C38H46O5SSi/c1-6-44-37-36(41-27-30-22-24-31(39-5)25-23-30)35(40-26-29-16-10-7-11-17-29)34(43-37)28-42-45(38(2,3)4,32-18-12-8-13-19-32)33-20-14-9-15-21-33/h7-25,34-37H,6,26-28H2,1-5H3/t34-,35-,36+,37-/m1/s1. The van der Waals surface area contributed by atoms with Gasteiger partial charge in [-0.2, -0.15) is 0 Å². The summed E-state index contributed by atoms with van der Waals surface area (Å²) in [5.41, 5.74) is 2.01. The van der Waals surface area contributed by atoms with Gasteiger partial charge >= 0.3 is 0 Å². The number of hydrogen-bond acceptors (Lipinski definition) is 6. The summed E-state index contributed by atoms with van der Waals surface area (Å²) < 4.78 is 32.9. The lowest BCUT2D eigenvalue weighted by molar-refractivity contribution is -0.0805. The van der Waals surface area contributed by atoms with Crippen LogP contribution in [0.15, 0.2) is 115 Å². The topological polar surface area (TPSA) is 46.2 Å². The van der Waals surface area contributed by atoms with Crippen molar-refractivity contribution in [2.45, 2.75) is 69.7 Å². The Morgan fingerprint density at radius 3 is 1.71 bits per heavy atom. The Balaban J connectivity index is 1.45. The molecule has 1 heterocycles. The second-order valence-corrected chi connectivity index (χ2v) is 18.0. The van der Waals surface area contributed by atoms with Gasteiger partial charge in [-0.25, -0.2) is 0 Å². The smallest absolute Gasteiger partial charge is 0.261 e. The summed E-state index contributed by atoms with van der Waals surface area (Å²) in [6, 6.07) is 39.8. The Labute approximate surface area is 274 Å². The van der Waals surface area contributed by atoms with E-state index in [2.05, 4.69) is 100 Å². The predicted octanol–water partition coefficient (Wildman–Crippen LogP) is 7.22. The van der Waals surface area contributed by atoms with Crippen molar-refractivity contribution in [3.63, 3.8) is 0 Å². The summed E-state index contributed by atoms with van der Waals surface area (Å²) in [4.78, 5) is 0. The second-order valence-electron chi connectivity index (χ2n) is 12.4. The minimum Gasteiger partial charge on any atom is -0.497 e. The first-order chi connectivity index (χ1) is 21.9. The van der Waals surface area contributed by atoms with Crippen LogP contribution in [0.1, 0.15) is 38.8 Å². The van der Waals surface area contributed by atoms with Gasteiger partial charge in [0.25, 0.3) is 8.32 Å². The number of thioether (sulfide) groups is 1. The van der Waals surface area contributed by atoms with E-state index in [4.69, 9.17) is 23.4 Å². The van der Waals surface area contributed by atoms with Crippen LogP contribution in [0.5, 0.6) is 5.75 Å². The average molecular weight is 643 g/mol. The summed E-state index contributed by atoms with van der Waals surface area (Å²) in [5, 5.41) is 2.35. The van der Waals surface area contributed by atoms with E-state index in [1.54, 1.807) is 18.9 Å². The molecule has 0 saturated carbocycles. The molecule has 0 radical (unpaired) electrons. The maximum atomic E-state index is 7.35. The van der Waals surface area contributed by atoms with Gasteiger partial charge in [0.05, 0.1) is 26.9 Å². The molecule has 4 atom stereocenters. The van der Waals surface area contributed by atoms with E-state index in [-0.39, 0.29) is 28.8 Å². The molecule has 7 heteroatoms. The summed E-state index contributed by atoms with van der Waals surface area (Å²) in [5.74, 6) is 1.73. The van der Waals surface area contributed by atoms with Crippen LogP contribution in [0.25, 0.3) is 0 Å². The van der Waals surface area contributed by atoms with E-state index in [1.807, 2.05) is 42.5 Å². The molecule has 5 nitrogen and oxygen atoms in total. The van der Waals surface area contributed by atoms with Crippen molar-refractivity contribution >= 4 is 30.5 Å². The number of hydrogen-bond donors (Lipinski definition) is 0. The van der Waals surface area contributed by atoms with Gasteiger partial charge in [0.1, 0.15) is 29.5 Å². The molecular formula is C38H46O5SSi. The molecule has 0 aliphatic carbocycles. The van der Waals surface area contributed by atoms with Crippen LogP contribution < -0.4 is 15.1 Å². The Morgan fingerprint density at radius 1 is 0.689 bits per heavy atom. The van der Waals surface area contributed by atoms with Gasteiger partial charge in [0.15, 0.2) is 0 Å². The van der Waals surface area contributed by atoms with Crippen molar-refractivity contribution in [2.24, 2.45) is 0 Å². The fourth-order valence-corrected chi connectivity index (χ4v) is 11.7. The molecule has 1 aliphatic heterocycles. The predicted molar refractivity (Wildman–Crippen MR) is 187 cm³/mol. The largest absolute Gasteiger partial charge is 0.497 e. The van der Waals surface area contributed by atoms with Gasteiger partial charge in [0, 0.05) is 0 Å². The molecule has 4 aromatic rings. The number of benzene rings is 4.